The van der Waals surface area contributed by atoms with Crippen LogP contribution in [0.15, 0.2) is 28.9 Å². The van der Waals surface area contributed by atoms with Gasteiger partial charge < -0.3 is 0 Å². The second-order valence-electron chi connectivity index (χ2n) is 2.41. The maximum absolute atomic E-state index is 5.67. The standard InChI is InChI=1S/C8H12ClN/c1-6(2)5-10-8(9)7(3)4/h5H,3H2,1-2,4H3. The summed E-state index contributed by atoms with van der Waals surface area (Å²) in [6.45, 7) is 9.39. The first-order valence-electron chi connectivity index (χ1n) is 3.06. The molecule has 0 aliphatic carbocycles. The molecule has 0 aliphatic heterocycles. The number of halogens is 1. The van der Waals surface area contributed by atoms with Crippen LogP contribution in [0.25, 0.3) is 0 Å². The number of hydrogen-bond acceptors (Lipinski definition) is 1. The van der Waals surface area contributed by atoms with Crippen molar-refractivity contribution in [2.45, 2.75) is 20.8 Å². The first-order valence-corrected chi connectivity index (χ1v) is 3.44. The minimum Gasteiger partial charge on any atom is -0.244 e. The monoisotopic (exact) mass is 157 g/mol. The van der Waals surface area contributed by atoms with E-state index < -0.39 is 0 Å². The molecule has 0 saturated heterocycles. The number of allylic oxidation sites excluding steroid dienone is 2. The molecule has 0 amide bonds. The molecule has 56 valence electrons. The van der Waals surface area contributed by atoms with Crippen LogP contribution in [-0.2, 0) is 0 Å². The molecule has 0 bridgehead atoms. The highest BCUT2D eigenvalue weighted by atomic mass is 35.5. The third kappa shape index (κ3) is 4.33. The van der Waals surface area contributed by atoms with Gasteiger partial charge in [0.1, 0.15) is 5.17 Å². The first kappa shape index (κ1) is 9.44. The highest BCUT2D eigenvalue weighted by Gasteiger charge is 1.89. The highest BCUT2D eigenvalue weighted by Crippen LogP contribution is 2.00. The lowest BCUT2D eigenvalue weighted by atomic mass is 10.4. The molecule has 0 aromatic rings. The van der Waals surface area contributed by atoms with Gasteiger partial charge in [0.05, 0.1) is 0 Å². The molecule has 0 saturated carbocycles. The van der Waals surface area contributed by atoms with E-state index in [-0.39, 0.29) is 0 Å². The summed E-state index contributed by atoms with van der Waals surface area (Å²) in [6, 6.07) is 0. The van der Waals surface area contributed by atoms with Gasteiger partial charge in [0.2, 0.25) is 0 Å². The van der Waals surface area contributed by atoms with Crippen molar-refractivity contribution < 1.29 is 0 Å². The van der Waals surface area contributed by atoms with Gasteiger partial charge in [0, 0.05) is 6.20 Å². The lowest BCUT2D eigenvalue weighted by Crippen LogP contribution is -1.84. The van der Waals surface area contributed by atoms with Crippen molar-refractivity contribution in [2.75, 3.05) is 0 Å². The van der Waals surface area contributed by atoms with E-state index >= 15 is 0 Å². The van der Waals surface area contributed by atoms with Gasteiger partial charge in [-0.3, -0.25) is 0 Å². The summed E-state index contributed by atoms with van der Waals surface area (Å²) in [5, 5.41) is 0.473. The van der Waals surface area contributed by atoms with Crippen molar-refractivity contribution >= 4 is 16.8 Å². The Kier molecular flexibility index (Phi) is 4.05. The third-order valence-electron chi connectivity index (χ3n) is 0.788. The lowest BCUT2D eigenvalue weighted by Gasteiger charge is -1.91. The second-order valence-corrected chi connectivity index (χ2v) is 2.76. The van der Waals surface area contributed by atoms with Crippen molar-refractivity contribution in [3.8, 4) is 0 Å². The summed E-state index contributed by atoms with van der Waals surface area (Å²) in [6.07, 6.45) is 1.72. The fourth-order valence-corrected chi connectivity index (χ4v) is 0.345. The third-order valence-corrected chi connectivity index (χ3v) is 1.21. The fourth-order valence-electron chi connectivity index (χ4n) is 0.296. The Morgan fingerprint density at radius 2 is 1.90 bits per heavy atom. The zero-order chi connectivity index (χ0) is 8.15. The SMILES string of the molecule is C=C(C)C(Cl)=NC=C(C)C. The molecule has 0 atom stereocenters. The van der Waals surface area contributed by atoms with Crippen LogP contribution in [0, 0.1) is 0 Å². The quantitative estimate of drug-likeness (QED) is 0.547. The Morgan fingerprint density at radius 3 is 2.20 bits per heavy atom. The van der Waals surface area contributed by atoms with E-state index in [1.807, 2.05) is 20.8 Å². The molecule has 0 spiro atoms. The number of rotatable bonds is 2. The molecule has 0 heterocycles. The van der Waals surface area contributed by atoms with Crippen LogP contribution in [0.3, 0.4) is 0 Å². The summed E-state index contributed by atoms with van der Waals surface area (Å²) >= 11 is 5.67. The normalized spacial score (nSPS) is 11.0. The van der Waals surface area contributed by atoms with E-state index in [9.17, 15) is 0 Å². The van der Waals surface area contributed by atoms with Gasteiger partial charge in [-0.05, 0) is 26.3 Å². The maximum Gasteiger partial charge on any atom is 0.131 e. The van der Waals surface area contributed by atoms with E-state index in [2.05, 4.69) is 11.6 Å². The Hall–Kier alpha value is -0.560. The molecule has 0 unspecified atom stereocenters. The van der Waals surface area contributed by atoms with Crippen LogP contribution in [0.2, 0.25) is 0 Å². The van der Waals surface area contributed by atoms with E-state index in [0.717, 1.165) is 11.1 Å². The molecule has 0 N–H and O–H groups in total. The molecule has 0 aromatic carbocycles. The van der Waals surface area contributed by atoms with Crippen molar-refractivity contribution in [3.63, 3.8) is 0 Å². The smallest absolute Gasteiger partial charge is 0.131 e. The van der Waals surface area contributed by atoms with Crippen LogP contribution in [-0.4, -0.2) is 5.17 Å². The molecule has 0 aliphatic rings. The topological polar surface area (TPSA) is 12.4 Å². The van der Waals surface area contributed by atoms with Crippen LogP contribution in [0.4, 0.5) is 0 Å². The molecule has 10 heavy (non-hydrogen) atoms. The Morgan fingerprint density at radius 1 is 1.40 bits per heavy atom. The lowest BCUT2D eigenvalue weighted by molar-refractivity contribution is 1.33. The maximum atomic E-state index is 5.67. The van der Waals surface area contributed by atoms with E-state index in [4.69, 9.17) is 11.6 Å². The average Bonchev–Trinajstić information content (AvgIpc) is 1.82. The summed E-state index contributed by atoms with van der Waals surface area (Å²) in [7, 11) is 0. The van der Waals surface area contributed by atoms with E-state index in [0.29, 0.717) is 5.17 Å². The van der Waals surface area contributed by atoms with Gasteiger partial charge in [-0.2, -0.15) is 0 Å². The van der Waals surface area contributed by atoms with Gasteiger partial charge in [-0.25, -0.2) is 4.99 Å². The fraction of sp³-hybridized carbons (Fsp3) is 0.375. The minimum atomic E-state index is 0.473. The molecule has 0 aromatic heterocycles. The summed E-state index contributed by atoms with van der Waals surface area (Å²) < 4.78 is 0. The van der Waals surface area contributed by atoms with E-state index in [1.54, 1.807) is 6.20 Å². The Balaban J connectivity index is 4.19. The number of hydrogen-bond donors (Lipinski definition) is 0. The van der Waals surface area contributed by atoms with Crippen LogP contribution >= 0.6 is 11.6 Å². The predicted octanol–water partition coefficient (Wildman–Crippen LogP) is 3.12. The van der Waals surface area contributed by atoms with Crippen LogP contribution in [0.1, 0.15) is 20.8 Å². The largest absolute Gasteiger partial charge is 0.244 e. The van der Waals surface area contributed by atoms with E-state index in [1.165, 1.54) is 0 Å². The first-order chi connectivity index (χ1) is 4.54. The van der Waals surface area contributed by atoms with Crippen LogP contribution < -0.4 is 0 Å². The minimum absolute atomic E-state index is 0.473. The summed E-state index contributed by atoms with van der Waals surface area (Å²) in [4.78, 5) is 3.94. The van der Waals surface area contributed by atoms with Crippen molar-refractivity contribution in [1.29, 1.82) is 0 Å². The zero-order valence-corrected chi connectivity index (χ0v) is 7.37. The van der Waals surface area contributed by atoms with Gasteiger partial charge in [-0.15, -0.1) is 0 Å². The molecule has 0 fully saturated rings. The van der Waals surface area contributed by atoms with Gasteiger partial charge in [0.15, 0.2) is 0 Å². The number of nitrogens with zero attached hydrogens (tertiary/aromatic N) is 1. The van der Waals surface area contributed by atoms with Crippen molar-refractivity contribution in [1.82, 2.24) is 0 Å². The second kappa shape index (κ2) is 4.29. The van der Waals surface area contributed by atoms with Gasteiger partial charge in [0.25, 0.3) is 0 Å². The summed E-state index contributed by atoms with van der Waals surface area (Å²) in [5.74, 6) is 0. The number of aliphatic imine (C=N–C) groups is 1. The summed E-state index contributed by atoms with van der Waals surface area (Å²) in [5.41, 5.74) is 1.92. The molecule has 2 heteroatoms. The van der Waals surface area contributed by atoms with Gasteiger partial charge >= 0.3 is 0 Å². The molecular formula is C8H12ClN. The van der Waals surface area contributed by atoms with Gasteiger partial charge in [-0.1, -0.05) is 23.8 Å². The zero-order valence-electron chi connectivity index (χ0n) is 6.61. The Labute approximate surface area is 67.1 Å². The highest BCUT2D eigenvalue weighted by molar-refractivity contribution is 6.69. The van der Waals surface area contributed by atoms with Crippen molar-refractivity contribution in [2.24, 2.45) is 4.99 Å². The Bertz CT molecular complexity index is 185. The molecule has 0 rings (SSSR count). The predicted molar refractivity (Wildman–Crippen MR) is 47.5 cm³/mol. The molecular weight excluding hydrogens is 146 g/mol. The van der Waals surface area contributed by atoms with Crippen molar-refractivity contribution in [3.05, 3.63) is 23.9 Å². The molecule has 1 nitrogen and oxygen atoms in total. The van der Waals surface area contributed by atoms with Crippen LogP contribution in [0.5, 0.6) is 0 Å². The molecule has 0 radical (unpaired) electrons. The average molecular weight is 158 g/mol.